The average molecular weight is 288 g/mol. The van der Waals surface area contributed by atoms with Gasteiger partial charge in [0, 0.05) is 18.2 Å². The summed E-state index contributed by atoms with van der Waals surface area (Å²) in [4.78, 5) is 20.5. The molecule has 21 heavy (non-hydrogen) atoms. The largest absolute Gasteiger partial charge is 0.482 e. The Hall–Kier alpha value is -2.96. The van der Waals surface area contributed by atoms with E-state index < -0.39 is 9.85 Å². The highest BCUT2D eigenvalue weighted by molar-refractivity contribution is 5.48. The molecule has 0 fully saturated rings. The molecule has 0 aromatic heterocycles. The smallest absolute Gasteiger partial charge is 0.311 e. The molecule has 108 valence electrons. The first-order valence-electron chi connectivity index (χ1n) is 6.08. The fraction of sp³-hybridized carbons (Fsp3) is 0.143. The third-order valence-electron chi connectivity index (χ3n) is 2.85. The van der Waals surface area contributed by atoms with Gasteiger partial charge in [-0.3, -0.25) is 20.2 Å². The van der Waals surface area contributed by atoms with E-state index in [1.54, 1.807) is 31.2 Å². The van der Waals surface area contributed by atoms with Crippen molar-refractivity contribution in [3.8, 4) is 5.75 Å². The van der Waals surface area contributed by atoms with Gasteiger partial charge in [-0.05, 0) is 36.2 Å². The Morgan fingerprint density at radius 1 is 1.00 bits per heavy atom. The van der Waals surface area contributed by atoms with Gasteiger partial charge in [0.2, 0.25) is 0 Å². The minimum atomic E-state index is -0.502. The van der Waals surface area contributed by atoms with Gasteiger partial charge in [0.1, 0.15) is 6.61 Å². The molecular weight excluding hydrogens is 276 g/mol. The van der Waals surface area contributed by atoms with Crippen LogP contribution in [0.1, 0.15) is 11.1 Å². The van der Waals surface area contributed by atoms with Gasteiger partial charge in [0.25, 0.3) is 5.69 Å². The topological polar surface area (TPSA) is 95.5 Å². The fourth-order valence-electron chi connectivity index (χ4n) is 1.77. The fourth-order valence-corrected chi connectivity index (χ4v) is 1.77. The summed E-state index contributed by atoms with van der Waals surface area (Å²) in [6, 6.07) is 10.5. The van der Waals surface area contributed by atoms with Crippen LogP contribution in [0.4, 0.5) is 11.4 Å². The van der Waals surface area contributed by atoms with Crippen LogP contribution in [0.15, 0.2) is 42.5 Å². The van der Waals surface area contributed by atoms with Crippen molar-refractivity contribution in [2.75, 3.05) is 0 Å². The Bertz CT molecular complexity index is 682. The molecule has 7 nitrogen and oxygen atoms in total. The molecular formula is C14H12N2O5. The van der Waals surface area contributed by atoms with Crippen molar-refractivity contribution in [3.05, 3.63) is 73.8 Å². The van der Waals surface area contributed by atoms with Crippen molar-refractivity contribution in [2.45, 2.75) is 13.5 Å². The second kappa shape index (κ2) is 6.00. The summed E-state index contributed by atoms with van der Waals surface area (Å²) in [6.07, 6.45) is 0. The van der Waals surface area contributed by atoms with Crippen LogP contribution in [0.5, 0.6) is 5.75 Å². The summed E-state index contributed by atoms with van der Waals surface area (Å²) in [5.74, 6) is 0.170. The number of hydrogen-bond acceptors (Lipinski definition) is 5. The number of nitrogens with zero attached hydrogens (tertiary/aromatic N) is 2. The van der Waals surface area contributed by atoms with Crippen LogP contribution < -0.4 is 4.74 Å². The maximum atomic E-state index is 11.0. The minimum Gasteiger partial charge on any atom is -0.482 e. The summed E-state index contributed by atoms with van der Waals surface area (Å²) in [6.45, 7) is 1.86. The minimum absolute atomic E-state index is 0.0138. The van der Waals surface area contributed by atoms with Gasteiger partial charge < -0.3 is 4.74 Å². The summed E-state index contributed by atoms with van der Waals surface area (Å²) in [5, 5.41) is 21.5. The second-order valence-electron chi connectivity index (χ2n) is 4.44. The molecule has 0 aliphatic heterocycles. The van der Waals surface area contributed by atoms with Gasteiger partial charge in [0.15, 0.2) is 5.75 Å². The number of hydrogen-bond donors (Lipinski definition) is 0. The first kappa shape index (κ1) is 14.4. The van der Waals surface area contributed by atoms with Gasteiger partial charge in [-0.15, -0.1) is 0 Å². The SMILES string of the molecule is Cc1ccc(OCc2ccc([N+](=O)[O-])cc2)c([N+](=O)[O-])c1. The van der Waals surface area contributed by atoms with Crippen LogP contribution in [0.2, 0.25) is 0 Å². The predicted octanol–water partition coefficient (Wildman–Crippen LogP) is 3.39. The number of benzene rings is 2. The lowest BCUT2D eigenvalue weighted by molar-refractivity contribution is -0.386. The Balaban J connectivity index is 2.13. The van der Waals surface area contributed by atoms with E-state index in [1.807, 2.05) is 0 Å². The summed E-state index contributed by atoms with van der Waals surface area (Å²) in [5.41, 5.74) is 1.34. The second-order valence-corrected chi connectivity index (χ2v) is 4.44. The quantitative estimate of drug-likeness (QED) is 0.620. The van der Waals surface area contributed by atoms with Crippen LogP contribution in [-0.2, 0) is 6.61 Å². The molecule has 0 spiro atoms. The van der Waals surface area contributed by atoms with Crippen LogP contribution in [0, 0.1) is 27.2 Å². The Kier molecular flexibility index (Phi) is 4.13. The Morgan fingerprint density at radius 3 is 2.24 bits per heavy atom. The highest BCUT2D eigenvalue weighted by Crippen LogP contribution is 2.28. The van der Waals surface area contributed by atoms with Crippen molar-refractivity contribution < 1.29 is 14.6 Å². The molecule has 2 aromatic rings. The Labute approximate surface area is 120 Å². The van der Waals surface area contributed by atoms with Crippen LogP contribution in [-0.4, -0.2) is 9.85 Å². The lowest BCUT2D eigenvalue weighted by Gasteiger charge is -2.07. The third kappa shape index (κ3) is 3.53. The molecule has 0 radical (unpaired) electrons. The van der Waals surface area contributed by atoms with E-state index in [2.05, 4.69) is 0 Å². The number of nitro groups is 2. The first-order chi connectivity index (χ1) is 9.97. The standard InChI is InChI=1S/C14H12N2O5/c1-10-2-7-14(13(8-10)16(19)20)21-9-11-3-5-12(6-4-11)15(17)18/h2-8H,9H2,1H3. The molecule has 0 N–H and O–H groups in total. The highest BCUT2D eigenvalue weighted by atomic mass is 16.6. The van der Waals surface area contributed by atoms with Gasteiger partial charge in [-0.25, -0.2) is 0 Å². The van der Waals surface area contributed by atoms with Crippen molar-refractivity contribution in [1.82, 2.24) is 0 Å². The number of ether oxygens (including phenoxy) is 1. The maximum absolute atomic E-state index is 11.0. The van der Waals surface area contributed by atoms with Gasteiger partial charge in [0.05, 0.1) is 9.85 Å². The molecule has 0 heterocycles. The van der Waals surface area contributed by atoms with Crippen LogP contribution >= 0.6 is 0 Å². The number of rotatable bonds is 5. The molecule has 2 aromatic carbocycles. The molecule has 0 aliphatic rings. The molecule has 0 aliphatic carbocycles. The summed E-state index contributed by atoms with van der Waals surface area (Å²) in [7, 11) is 0. The maximum Gasteiger partial charge on any atom is 0.311 e. The van der Waals surface area contributed by atoms with E-state index in [0.717, 1.165) is 5.56 Å². The lowest BCUT2D eigenvalue weighted by Crippen LogP contribution is -1.99. The molecule has 0 unspecified atom stereocenters. The van der Waals surface area contributed by atoms with E-state index in [9.17, 15) is 20.2 Å². The Morgan fingerprint density at radius 2 is 1.67 bits per heavy atom. The molecule has 0 bridgehead atoms. The third-order valence-corrected chi connectivity index (χ3v) is 2.85. The monoisotopic (exact) mass is 288 g/mol. The molecule has 0 saturated carbocycles. The van der Waals surface area contributed by atoms with Crippen molar-refractivity contribution in [1.29, 1.82) is 0 Å². The van der Waals surface area contributed by atoms with Crippen LogP contribution in [0.3, 0.4) is 0 Å². The normalized spacial score (nSPS) is 10.1. The summed E-state index contributed by atoms with van der Waals surface area (Å²) < 4.78 is 5.43. The number of non-ortho nitro benzene ring substituents is 1. The summed E-state index contributed by atoms with van der Waals surface area (Å²) >= 11 is 0. The average Bonchev–Trinajstić information content (AvgIpc) is 2.46. The first-order valence-corrected chi connectivity index (χ1v) is 6.08. The number of aryl methyl sites for hydroxylation is 1. The lowest BCUT2D eigenvalue weighted by atomic mass is 10.2. The molecule has 0 amide bonds. The van der Waals surface area contributed by atoms with E-state index >= 15 is 0 Å². The predicted molar refractivity (Wildman–Crippen MR) is 75.3 cm³/mol. The van der Waals surface area contributed by atoms with Gasteiger partial charge in [-0.2, -0.15) is 0 Å². The zero-order chi connectivity index (χ0) is 15.4. The molecule has 0 atom stereocenters. The zero-order valence-corrected chi connectivity index (χ0v) is 11.2. The van der Waals surface area contributed by atoms with Gasteiger partial charge >= 0.3 is 5.69 Å². The van der Waals surface area contributed by atoms with E-state index in [1.165, 1.54) is 18.2 Å². The van der Waals surface area contributed by atoms with Crippen molar-refractivity contribution in [2.24, 2.45) is 0 Å². The zero-order valence-electron chi connectivity index (χ0n) is 11.2. The highest BCUT2D eigenvalue weighted by Gasteiger charge is 2.15. The molecule has 7 heteroatoms. The van der Waals surface area contributed by atoms with Crippen molar-refractivity contribution >= 4 is 11.4 Å². The van der Waals surface area contributed by atoms with Crippen LogP contribution in [0.25, 0.3) is 0 Å². The molecule has 0 saturated heterocycles. The van der Waals surface area contributed by atoms with E-state index in [4.69, 9.17) is 4.74 Å². The number of nitro benzene ring substituents is 2. The van der Waals surface area contributed by atoms with E-state index in [-0.39, 0.29) is 23.7 Å². The van der Waals surface area contributed by atoms with Crippen molar-refractivity contribution in [3.63, 3.8) is 0 Å². The van der Waals surface area contributed by atoms with Gasteiger partial charge in [-0.1, -0.05) is 6.07 Å². The molecule has 2 rings (SSSR count). The van der Waals surface area contributed by atoms with E-state index in [0.29, 0.717) is 5.56 Å².